The SMILES string of the molecule is CNC(=O)NC(C)Cc1cc(OC)c(OC)cc1C(=N)c1ccc(Nc2cccnn2)cc1. The molecule has 1 aromatic heterocycles. The minimum absolute atomic E-state index is 0.159. The molecule has 0 spiro atoms. The first-order chi connectivity index (χ1) is 15.9. The Hall–Kier alpha value is -4.14. The number of hydrogen-bond donors (Lipinski definition) is 4. The number of rotatable bonds is 9. The molecule has 172 valence electrons. The Bertz CT molecular complexity index is 1100. The summed E-state index contributed by atoms with van der Waals surface area (Å²) in [7, 11) is 4.71. The lowest BCUT2D eigenvalue weighted by molar-refractivity contribution is 0.240. The summed E-state index contributed by atoms with van der Waals surface area (Å²) in [5.41, 5.74) is 3.48. The number of urea groups is 1. The van der Waals surface area contributed by atoms with Gasteiger partial charge in [0.05, 0.1) is 19.9 Å². The van der Waals surface area contributed by atoms with E-state index in [2.05, 4.69) is 26.1 Å². The van der Waals surface area contributed by atoms with Gasteiger partial charge in [-0.25, -0.2) is 4.79 Å². The lowest BCUT2D eigenvalue weighted by Crippen LogP contribution is -2.40. The van der Waals surface area contributed by atoms with Crippen LogP contribution in [0.5, 0.6) is 11.5 Å². The summed E-state index contributed by atoms with van der Waals surface area (Å²) in [5.74, 6) is 1.74. The second kappa shape index (κ2) is 10.9. The van der Waals surface area contributed by atoms with Crippen molar-refractivity contribution in [3.63, 3.8) is 0 Å². The van der Waals surface area contributed by atoms with Gasteiger partial charge in [-0.1, -0.05) is 12.1 Å². The average molecular weight is 449 g/mol. The lowest BCUT2D eigenvalue weighted by Gasteiger charge is -2.19. The average Bonchev–Trinajstić information content (AvgIpc) is 2.84. The number of nitrogens with zero attached hydrogens (tertiary/aromatic N) is 2. The number of anilines is 2. The van der Waals surface area contributed by atoms with Gasteiger partial charge in [0.2, 0.25) is 0 Å². The van der Waals surface area contributed by atoms with Gasteiger partial charge >= 0.3 is 6.03 Å². The van der Waals surface area contributed by atoms with E-state index in [4.69, 9.17) is 14.9 Å². The number of carbonyl (C=O) groups excluding carboxylic acids is 1. The van der Waals surface area contributed by atoms with E-state index in [-0.39, 0.29) is 12.1 Å². The van der Waals surface area contributed by atoms with E-state index in [0.717, 1.165) is 16.8 Å². The number of nitrogens with one attached hydrogen (secondary N) is 4. The van der Waals surface area contributed by atoms with Crippen LogP contribution in [0.2, 0.25) is 0 Å². The second-order valence-electron chi connectivity index (χ2n) is 7.38. The predicted molar refractivity (Wildman–Crippen MR) is 128 cm³/mol. The van der Waals surface area contributed by atoms with E-state index in [1.54, 1.807) is 39.6 Å². The van der Waals surface area contributed by atoms with Crippen molar-refractivity contribution < 1.29 is 14.3 Å². The largest absolute Gasteiger partial charge is 0.493 e. The maximum Gasteiger partial charge on any atom is 0.314 e. The van der Waals surface area contributed by atoms with Crippen molar-refractivity contribution in [2.45, 2.75) is 19.4 Å². The van der Waals surface area contributed by atoms with Crippen LogP contribution >= 0.6 is 0 Å². The molecule has 1 atom stereocenters. The van der Waals surface area contributed by atoms with Crippen molar-refractivity contribution in [3.05, 3.63) is 71.4 Å². The topological polar surface area (TPSA) is 121 Å². The first kappa shape index (κ1) is 23.5. The highest BCUT2D eigenvalue weighted by Crippen LogP contribution is 2.32. The highest BCUT2D eigenvalue weighted by Gasteiger charge is 2.18. The quantitative estimate of drug-likeness (QED) is 0.372. The molecule has 0 saturated heterocycles. The van der Waals surface area contributed by atoms with Gasteiger partial charge in [-0.2, -0.15) is 5.10 Å². The maximum absolute atomic E-state index is 11.7. The van der Waals surface area contributed by atoms with E-state index in [1.807, 2.05) is 43.3 Å². The Kier molecular flexibility index (Phi) is 7.80. The molecule has 2 amide bonds. The maximum atomic E-state index is 11.7. The molecule has 9 heteroatoms. The Morgan fingerprint density at radius 1 is 1.09 bits per heavy atom. The number of hydrogen-bond acceptors (Lipinski definition) is 7. The van der Waals surface area contributed by atoms with Crippen LogP contribution in [0, 0.1) is 5.41 Å². The fraction of sp³-hybridized carbons (Fsp3) is 0.250. The van der Waals surface area contributed by atoms with Gasteiger partial charge in [-0.3, -0.25) is 5.41 Å². The number of carbonyl (C=O) groups is 1. The minimum Gasteiger partial charge on any atom is -0.493 e. The molecule has 9 nitrogen and oxygen atoms in total. The molecule has 33 heavy (non-hydrogen) atoms. The fourth-order valence-corrected chi connectivity index (χ4v) is 3.39. The molecule has 4 N–H and O–H groups in total. The van der Waals surface area contributed by atoms with Gasteiger partial charge in [-0.05, 0) is 55.3 Å². The number of methoxy groups -OCH3 is 2. The van der Waals surface area contributed by atoms with Gasteiger partial charge in [0.15, 0.2) is 17.3 Å². The van der Waals surface area contributed by atoms with E-state index in [0.29, 0.717) is 35.0 Å². The van der Waals surface area contributed by atoms with Crippen molar-refractivity contribution in [2.24, 2.45) is 0 Å². The third-order valence-corrected chi connectivity index (χ3v) is 5.03. The van der Waals surface area contributed by atoms with Crippen LogP contribution in [0.3, 0.4) is 0 Å². The summed E-state index contributed by atoms with van der Waals surface area (Å²) in [5, 5.41) is 25.4. The molecule has 2 aromatic carbocycles. The summed E-state index contributed by atoms with van der Waals surface area (Å²) < 4.78 is 10.9. The highest BCUT2D eigenvalue weighted by atomic mass is 16.5. The second-order valence-corrected chi connectivity index (χ2v) is 7.38. The van der Waals surface area contributed by atoms with Gasteiger partial charge < -0.3 is 25.4 Å². The summed E-state index contributed by atoms with van der Waals surface area (Å²) in [6.45, 7) is 1.91. The van der Waals surface area contributed by atoms with Crippen LogP contribution in [0.1, 0.15) is 23.6 Å². The first-order valence-corrected chi connectivity index (χ1v) is 10.4. The van der Waals surface area contributed by atoms with Gasteiger partial charge in [0, 0.05) is 36.1 Å². The molecule has 0 aliphatic heterocycles. The number of benzene rings is 2. The van der Waals surface area contributed by atoms with Crippen molar-refractivity contribution in [3.8, 4) is 11.5 Å². The zero-order valence-corrected chi connectivity index (χ0v) is 19.1. The molecule has 0 fully saturated rings. The molecule has 3 rings (SSSR count). The van der Waals surface area contributed by atoms with Gasteiger partial charge in [-0.15, -0.1) is 5.10 Å². The van der Waals surface area contributed by atoms with Crippen LogP contribution < -0.4 is 25.4 Å². The molecule has 0 radical (unpaired) electrons. The van der Waals surface area contributed by atoms with Crippen LogP contribution in [0.25, 0.3) is 0 Å². The van der Waals surface area contributed by atoms with Crippen molar-refractivity contribution in [2.75, 3.05) is 26.6 Å². The highest BCUT2D eigenvalue weighted by molar-refractivity contribution is 6.12. The molecule has 0 bridgehead atoms. The Balaban J connectivity index is 1.89. The Morgan fingerprint density at radius 2 is 1.79 bits per heavy atom. The molecule has 0 aliphatic carbocycles. The third kappa shape index (κ3) is 5.97. The molecule has 1 unspecified atom stereocenters. The lowest BCUT2D eigenvalue weighted by atomic mass is 9.93. The third-order valence-electron chi connectivity index (χ3n) is 5.03. The fourth-order valence-electron chi connectivity index (χ4n) is 3.39. The molecule has 1 heterocycles. The molecular formula is C24H28N6O3. The zero-order chi connectivity index (χ0) is 23.8. The molecule has 0 aliphatic rings. The smallest absolute Gasteiger partial charge is 0.314 e. The number of amides is 2. The van der Waals surface area contributed by atoms with Crippen LogP contribution in [-0.4, -0.2) is 49.2 Å². The molecular weight excluding hydrogens is 420 g/mol. The number of aromatic nitrogens is 2. The summed E-state index contributed by atoms with van der Waals surface area (Å²) in [6, 6.07) is 14.4. The minimum atomic E-state index is -0.259. The van der Waals surface area contributed by atoms with Crippen LogP contribution in [0.15, 0.2) is 54.7 Å². The zero-order valence-electron chi connectivity index (χ0n) is 19.1. The van der Waals surface area contributed by atoms with E-state index in [9.17, 15) is 4.79 Å². The van der Waals surface area contributed by atoms with Crippen molar-refractivity contribution in [1.29, 1.82) is 5.41 Å². The van der Waals surface area contributed by atoms with E-state index >= 15 is 0 Å². The normalized spacial score (nSPS) is 11.3. The monoisotopic (exact) mass is 448 g/mol. The molecule has 3 aromatic rings. The molecule has 0 saturated carbocycles. The van der Waals surface area contributed by atoms with Crippen LogP contribution in [-0.2, 0) is 6.42 Å². The van der Waals surface area contributed by atoms with Crippen molar-refractivity contribution >= 4 is 23.2 Å². The predicted octanol–water partition coefficient (Wildman–Crippen LogP) is 3.51. The Morgan fingerprint density at radius 3 is 2.39 bits per heavy atom. The summed E-state index contributed by atoms with van der Waals surface area (Å²) in [6.07, 6.45) is 2.12. The van der Waals surface area contributed by atoms with Gasteiger partial charge in [0.1, 0.15) is 0 Å². The standard InChI is InChI=1S/C24H28N6O3/c1-15(28-24(31)26-2)12-17-13-20(32-3)21(33-4)14-19(17)23(25)16-7-9-18(10-8-16)29-22-6-5-11-27-30-22/h5-11,13-15,25H,12H2,1-4H3,(H,29,30)(H2,26,28,31). The first-order valence-electron chi connectivity index (χ1n) is 10.4. The van der Waals surface area contributed by atoms with E-state index in [1.165, 1.54) is 0 Å². The van der Waals surface area contributed by atoms with E-state index < -0.39 is 0 Å². The van der Waals surface area contributed by atoms with Crippen LogP contribution in [0.4, 0.5) is 16.3 Å². The summed E-state index contributed by atoms with van der Waals surface area (Å²) >= 11 is 0. The number of ether oxygens (including phenoxy) is 2. The summed E-state index contributed by atoms with van der Waals surface area (Å²) in [4.78, 5) is 11.7. The van der Waals surface area contributed by atoms with Gasteiger partial charge in [0.25, 0.3) is 0 Å². The Labute approximate surface area is 193 Å². The van der Waals surface area contributed by atoms with Crippen molar-refractivity contribution in [1.82, 2.24) is 20.8 Å².